The number of nitrogens with zero attached hydrogens (tertiary/aromatic N) is 5. The molecule has 302 valence electrons. The minimum atomic E-state index is -1.14. The largest absolute Gasteiger partial charge is 0.465 e. The van der Waals surface area contributed by atoms with Gasteiger partial charge < -0.3 is 39.3 Å². The number of carbonyl (C=O) groups is 4. The van der Waals surface area contributed by atoms with E-state index in [1.165, 1.54) is 14.2 Å². The van der Waals surface area contributed by atoms with Crippen LogP contribution in [0.5, 0.6) is 0 Å². The zero-order chi connectivity index (χ0) is 41.0. The molecule has 3 aromatic heterocycles. The maximum Gasteiger partial charge on any atom is 0.407 e. The van der Waals surface area contributed by atoms with Crippen molar-refractivity contribution in [2.24, 2.45) is 10.8 Å². The molecule has 57 heavy (non-hydrogen) atoms. The molecular formula is C42H52N8O7. The molecule has 15 nitrogen and oxygen atoms in total. The van der Waals surface area contributed by atoms with Gasteiger partial charge in [-0.25, -0.2) is 19.6 Å². The topological polar surface area (TPSA) is 190 Å². The lowest BCUT2D eigenvalue weighted by molar-refractivity contribution is -0.141. The van der Waals surface area contributed by atoms with Gasteiger partial charge in [-0.3, -0.25) is 14.5 Å². The number of methoxy groups -OCH3 is 1. The number of fused-ring (bicyclic) bond motifs is 3. The lowest BCUT2D eigenvalue weighted by Gasteiger charge is -2.38. The predicted octanol–water partition coefficient (Wildman–Crippen LogP) is 7.49. The fourth-order valence-corrected chi connectivity index (χ4v) is 8.42. The molecule has 0 radical (unpaired) electrons. The first-order valence-electron chi connectivity index (χ1n) is 19.4. The van der Waals surface area contributed by atoms with Crippen molar-refractivity contribution in [3.8, 4) is 22.5 Å². The first kappa shape index (κ1) is 39.4. The molecule has 0 unspecified atom stereocenters. The highest BCUT2D eigenvalue weighted by Gasteiger charge is 2.44. The Morgan fingerprint density at radius 1 is 0.825 bits per heavy atom. The van der Waals surface area contributed by atoms with E-state index in [9.17, 15) is 24.3 Å². The van der Waals surface area contributed by atoms with Gasteiger partial charge in [0.05, 0.1) is 43.0 Å². The summed E-state index contributed by atoms with van der Waals surface area (Å²) < 4.78 is 11.2. The lowest BCUT2D eigenvalue weighted by atomic mass is 9.84. The number of aromatic amines is 2. The third-order valence-corrected chi connectivity index (χ3v) is 11.3. The Morgan fingerprint density at radius 2 is 1.32 bits per heavy atom. The number of likely N-dealkylation sites (N-methyl/N-ethyl adjacent to an activating group) is 1. The second kappa shape index (κ2) is 14.9. The quantitative estimate of drug-likeness (QED) is 0.124. The Labute approximate surface area is 331 Å². The first-order valence-corrected chi connectivity index (χ1v) is 19.4. The molecule has 4 amide bonds. The number of rotatable bonds is 8. The van der Waals surface area contributed by atoms with Gasteiger partial charge in [-0.2, -0.15) is 0 Å². The minimum absolute atomic E-state index is 0.173. The predicted molar refractivity (Wildman–Crippen MR) is 214 cm³/mol. The molecule has 15 heteroatoms. The van der Waals surface area contributed by atoms with Crippen LogP contribution in [0.2, 0.25) is 0 Å². The van der Waals surface area contributed by atoms with Gasteiger partial charge in [-0.15, -0.1) is 0 Å². The van der Waals surface area contributed by atoms with Crippen LogP contribution in [0.25, 0.3) is 44.5 Å². The standard InChI is InChI=1S/C42H52N8O7/c1-41(2,3)33(47-39(53)56-8)37(51)49-17-9-11-29(49)35-43-21-27(45-35)23-13-15-25-26-16-14-24(20-32(26)57-31(25)19-23)28-22-44-36(46-28)30-12-10-18-50(30)38(52)34(42(4,5)6)48(7)40(54)55/h13-16,19-22,29-30,33-34H,9-12,17-18H2,1-8H3,(H,43,45)(H,44,46)(H,47,53)(H,54,55)/t29-,30-,33+,34+/m0/s1. The summed E-state index contributed by atoms with van der Waals surface area (Å²) in [4.78, 5) is 72.6. The third-order valence-electron chi connectivity index (χ3n) is 11.3. The van der Waals surface area contributed by atoms with Gasteiger partial charge in [-0.05, 0) is 60.8 Å². The van der Waals surface area contributed by atoms with Gasteiger partial charge in [-0.1, -0.05) is 53.7 Å². The number of aromatic nitrogens is 4. The molecule has 2 aromatic carbocycles. The van der Waals surface area contributed by atoms with Crippen LogP contribution in [-0.2, 0) is 14.3 Å². The Kier molecular flexibility index (Phi) is 10.3. The van der Waals surface area contributed by atoms with Crippen LogP contribution in [0.1, 0.15) is 91.0 Å². The number of alkyl carbamates (subject to hydrolysis) is 1. The number of nitrogens with one attached hydrogen (secondary N) is 3. The molecule has 4 N–H and O–H groups in total. The van der Waals surface area contributed by atoms with E-state index < -0.39 is 35.1 Å². The number of hydrogen-bond acceptors (Lipinski definition) is 8. The Hall–Kier alpha value is -5.86. The van der Waals surface area contributed by atoms with Crippen molar-refractivity contribution in [1.82, 2.24) is 40.0 Å². The summed E-state index contributed by atoms with van der Waals surface area (Å²) in [6, 6.07) is 9.88. The van der Waals surface area contributed by atoms with Gasteiger partial charge >= 0.3 is 12.2 Å². The van der Waals surface area contributed by atoms with Crippen LogP contribution in [0.4, 0.5) is 9.59 Å². The van der Waals surface area contributed by atoms with Crippen LogP contribution >= 0.6 is 0 Å². The summed E-state index contributed by atoms with van der Waals surface area (Å²) >= 11 is 0. The highest BCUT2D eigenvalue weighted by atomic mass is 16.5. The Morgan fingerprint density at radius 3 is 1.75 bits per heavy atom. The summed E-state index contributed by atoms with van der Waals surface area (Å²) in [5.41, 5.74) is 3.61. The molecule has 2 aliphatic heterocycles. The number of benzene rings is 2. The molecule has 2 saturated heterocycles. The molecule has 5 aromatic rings. The van der Waals surface area contributed by atoms with E-state index >= 15 is 0 Å². The van der Waals surface area contributed by atoms with E-state index in [0.29, 0.717) is 35.9 Å². The second-order valence-electron chi connectivity index (χ2n) is 17.4. The number of furan rings is 1. The summed E-state index contributed by atoms with van der Waals surface area (Å²) in [6.07, 6.45) is 4.82. The maximum absolute atomic E-state index is 13.9. The van der Waals surface area contributed by atoms with E-state index in [-0.39, 0.29) is 23.9 Å². The molecular weight excluding hydrogens is 729 g/mol. The van der Waals surface area contributed by atoms with Gasteiger partial charge in [0.25, 0.3) is 0 Å². The van der Waals surface area contributed by atoms with E-state index in [2.05, 4.69) is 15.3 Å². The van der Waals surface area contributed by atoms with Crippen molar-refractivity contribution < 1.29 is 33.4 Å². The monoisotopic (exact) mass is 780 g/mol. The summed E-state index contributed by atoms with van der Waals surface area (Å²) in [5.74, 6) is 0.944. The molecule has 0 aliphatic carbocycles. The molecule has 4 atom stereocenters. The van der Waals surface area contributed by atoms with Crippen molar-refractivity contribution in [2.45, 2.75) is 91.4 Å². The van der Waals surface area contributed by atoms with Crippen LogP contribution in [0.3, 0.4) is 0 Å². The number of carboxylic acid groups (broad SMARTS) is 1. The van der Waals surface area contributed by atoms with E-state index in [0.717, 1.165) is 63.9 Å². The van der Waals surface area contributed by atoms with Crippen LogP contribution in [0.15, 0.2) is 53.2 Å². The highest BCUT2D eigenvalue weighted by molar-refractivity contribution is 6.06. The molecule has 0 saturated carbocycles. The number of carbonyl (C=O) groups excluding carboxylic acids is 3. The van der Waals surface area contributed by atoms with Crippen molar-refractivity contribution in [3.05, 3.63) is 60.4 Å². The zero-order valence-corrected chi connectivity index (χ0v) is 33.8. The third kappa shape index (κ3) is 7.54. The average molecular weight is 781 g/mol. The van der Waals surface area contributed by atoms with Crippen molar-refractivity contribution in [1.29, 1.82) is 0 Å². The van der Waals surface area contributed by atoms with Gasteiger partial charge in [0, 0.05) is 42.0 Å². The molecule has 0 bridgehead atoms. The molecule has 7 rings (SSSR count). The fourth-order valence-electron chi connectivity index (χ4n) is 8.42. The SMILES string of the molecule is COC(=O)N[C@H](C(=O)N1CCC[C@H]1c1ncc(-c2ccc3c(c2)oc2cc(-c4cnc([C@@H]5CCCN5C(=O)[C@@H](N(C)C(=O)O)C(C)(C)C)[nH]4)ccc23)[nH]1)C(C)(C)C. The molecule has 2 aliphatic rings. The Bertz CT molecular complexity index is 2330. The molecule has 5 heterocycles. The maximum atomic E-state index is 13.9. The smallest absolute Gasteiger partial charge is 0.407 e. The number of likely N-dealkylation sites (tertiary alicyclic amines) is 2. The Balaban J connectivity index is 1.10. The fraction of sp³-hybridized carbons (Fsp3) is 0.476. The van der Waals surface area contributed by atoms with Gasteiger partial charge in [0.1, 0.15) is 34.9 Å². The minimum Gasteiger partial charge on any atom is -0.465 e. The number of imidazole rings is 2. The van der Waals surface area contributed by atoms with E-state index in [4.69, 9.17) is 19.1 Å². The van der Waals surface area contributed by atoms with Gasteiger partial charge in [0.2, 0.25) is 11.8 Å². The first-order chi connectivity index (χ1) is 27.0. The number of amides is 4. The second-order valence-corrected chi connectivity index (χ2v) is 17.4. The number of H-pyrrole nitrogens is 2. The summed E-state index contributed by atoms with van der Waals surface area (Å²) in [6.45, 7) is 12.4. The zero-order valence-electron chi connectivity index (χ0n) is 33.8. The number of hydrogen-bond donors (Lipinski definition) is 4. The van der Waals surface area contributed by atoms with Crippen molar-refractivity contribution in [2.75, 3.05) is 27.2 Å². The normalized spacial score (nSPS) is 18.6. The van der Waals surface area contributed by atoms with Crippen LogP contribution in [-0.4, -0.2) is 103 Å². The van der Waals surface area contributed by atoms with Crippen LogP contribution < -0.4 is 5.32 Å². The summed E-state index contributed by atoms with van der Waals surface area (Å²) in [7, 11) is 2.73. The van der Waals surface area contributed by atoms with Crippen molar-refractivity contribution in [3.63, 3.8) is 0 Å². The number of ether oxygens (including phenoxy) is 1. The summed E-state index contributed by atoms with van der Waals surface area (Å²) in [5, 5.41) is 14.4. The van der Waals surface area contributed by atoms with E-state index in [1.807, 2.05) is 77.9 Å². The molecule has 0 spiro atoms. The highest BCUT2D eigenvalue weighted by Crippen LogP contribution is 2.39. The van der Waals surface area contributed by atoms with E-state index in [1.54, 1.807) is 22.2 Å². The molecule has 2 fully saturated rings. The van der Waals surface area contributed by atoms with Crippen molar-refractivity contribution >= 4 is 45.9 Å². The average Bonchev–Trinajstić information content (AvgIpc) is 4.00. The van der Waals surface area contributed by atoms with Crippen LogP contribution in [0, 0.1) is 10.8 Å². The van der Waals surface area contributed by atoms with Gasteiger partial charge in [0.15, 0.2) is 0 Å². The lowest BCUT2D eigenvalue weighted by Crippen LogP contribution is -2.54.